The third kappa shape index (κ3) is 5.19. The highest BCUT2D eigenvalue weighted by Gasteiger charge is 2.33. The Bertz CT molecular complexity index is 1420. The molecule has 0 spiro atoms. The summed E-state index contributed by atoms with van der Waals surface area (Å²) in [6.07, 6.45) is 1.01. The van der Waals surface area contributed by atoms with Crippen LogP contribution in [0.4, 0.5) is 4.39 Å². The summed E-state index contributed by atoms with van der Waals surface area (Å²) in [7, 11) is 1.37. The highest BCUT2D eigenvalue weighted by Crippen LogP contribution is 2.40. The average molecular weight is 489 g/mol. The smallest absolute Gasteiger partial charge is 0.339 e. The fourth-order valence-corrected chi connectivity index (χ4v) is 4.43. The lowest BCUT2D eigenvalue weighted by Crippen LogP contribution is -2.29. The Morgan fingerprint density at radius 1 is 1.06 bits per heavy atom. The van der Waals surface area contributed by atoms with Crippen molar-refractivity contribution >= 4 is 17.0 Å². The Balaban J connectivity index is 1.96. The van der Waals surface area contributed by atoms with Gasteiger partial charge in [-0.3, -0.25) is 0 Å². The van der Waals surface area contributed by atoms with Gasteiger partial charge >= 0.3 is 5.97 Å². The second-order valence-electron chi connectivity index (χ2n) is 10.2. The fraction of sp³-hybridized carbons (Fsp3) is 0.333. The van der Waals surface area contributed by atoms with Crippen LogP contribution in [0, 0.1) is 26.6 Å². The summed E-state index contributed by atoms with van der Waals surface area (Å²) in [5, 5.41) is 0.887. The number of rotatable bonds is 6. The van der Waals surface area contributed by atoms with E-state index in [0.29, 0.717) is 23.4 Å². The van der Waals surface area contributed by atoms with E-state index in [1.165, 1.54) is 7.11 Å². The molecule has 0 saturated carbocycles. The lowest BCUT2D eigenvalue weighted by Gasteiger charge is -2.28. The zero-order valence-electron chi connectivity index (χ0n) is 22.0. The van der Waals surface area contributed by atoms with Gasteiger partial charge in [-0.25, -0.2) is 14.2 Å². The van der Waals surface area contributed by atoms with E-state index in [-0.39, 0.29) is 5.82 Å². The highest BCUT2D eigenvalue weighted by atomic mass is 19.1. The zero-order chi connectivity index (χ0) is 26.2. The molecule has 2 heterocycles. The van der Waals surface area contributed by atoms with Crippen molar-refractivity contribution < 1.29 is 18.7 Å². The Labute approximate surface area is 211 Å². The van der Waals surface area contributed by atoms with Crippen LogP contribution in [0.1, 0.15) is 54.8 Å². The highest BCUT2D eigenvalue weighted by molar-refractivity contribution is 5.98. The molecule has 5 nitrogen and oxygen atoms in total. The normalized spacial score (nSPS) is 12.7. The number of hydrogen-bond acceptors (Lipinski definition) is 4. The summed E-state index contributed by atoms with van der Waals surface area (Å²) < 4.78 is 27.6. The van der Waals surface area contributed by atoms with Gasteiger partial charge in [0.1, 0.15) is 11.5 Å². The van der Waals surface area contributed by atoms with Gasteiger partial charge in [0.15, 0.2) is 6.10 Å². The molecule has 0 amide bonds. The Morgan fingerprint density at radius 2 is 1.75 bits per heavy atom. The maximum Gasteiger partial charge on any atom is 0.339 e. The van der Waals surface area contributed by atoms with Gasteiger partial charge in [-0.2, -0.15) is 0 Å². The molecule has 0 saturated heterocycles. The molecule has 1 unspecified atom stereocenters. The number of halogens is 1. The number of carbonyl (C=O) groups excluding carboxylic acids is 1. The predicted molar refractivity (Wildman–Crippen MR) is 140 cm³/mol. The van der Waals surface area contributed by atoms with Gasteiger partial charge in [-0.1, -0.05) is 42.0 Å². The second kappa shape index (κ2) is 9.86. The third-order valence-corrected chi connectivity index (χ3v) is 6.21. The van der Waals surface area contributed by atoms with Gasteiger partial charge in [0, 0.05) is 34.9 Å². The van der Waals surface area contributed by atoms with E-state index in [9.17, 15) is 9.18 Å². The summed E-state index contributed by atoms with van der Waals surface area (Å²) in [4.78, 5) is 17.9. The van der Waals surface area contributed by atoms with Crippen LogP contribution in [0.3, 0.4) is 0 Å². The monoisotopic (exact) mass is 488 g/mol. The fourth-order valence-electron chi connectivity index (χ4n) is 4.43. The van der Waals surface area contributed by atoms with Crippen LogP contribution in [-0.4, -0.2) is 28.2 Å². The van der Waals surface area contributed by atoms with E-state index in [4.69, 9.17) is 14.5 Å². The Morgan fingerprint density at radius 3 is 2.36 bits per heavy atom. The van der Waals surface area contributed by atoms with Crippen molar-refractivity contribution in [3.8, 4) is 11.1 Å². The first-order chi connectivity index (χ1) is 17.0. The van der Waals surface area contributed by atoms with Crippen LogP contribution >= 0.6 is 0 Å². The third-order valence-electron chi connectivity index (χ3n) is 6.21. The van der Waals surface area contributed by atoms with E-state index < -0.39 is 17.7 Å². The Hall–Kier alpha value is -3.51. The molecule has 0 fully saturated rings. The quantitative estimate of drug-likeness (QED) is 0.279. The van der Waals surface area contributed by atoms with Crippen LogP contribution < -0.4 is 0 Å². The molecule has 0 aliphatic heterocycles. The first-order valence-corrected chi connectivity index (χ1v) is 12.1. The largest absolute Gasteiger partial charge is 0.467 e. The van der Waals surface area contributed by atoms with E-state index in [2.05, 4.69) is 0 Å². The van der Waals surface area contributed by atoms with E-state index in [1.54, 1.807) is 19.1 Å². The summed E-state index contributed by atoms with van der Waals surface area (Å²) in [6.45, 7) is 11.9. The number of benzene rings is 2. The number of ether oxygens (including phenoxy) is 2. The van der Waals surface area contributed by atoms with Crippen molar-refractivity contribution in [1.82, 2.24) is 9.55 Å². The number of hydrogen-bond donors (Lipinski definition) is 0. The molecular formula is C30H33FN2O3. The topological polar surface area (TPSA) is 53.4 Å². The number of nitrogens with zero attached hydrogens (tertiary/aromatic N) is 2. The number of aryl methyl sites for hydroxylation is 3. The first kappa shape index (κ1) is 25.6. The summed E-state index contributed by atoms with van der Waals surface area (Å²) in [5.74, 6) is -0.701. The van der Waals surface area contributed by atoms with E-state index >= 15 is 0 Å². The van der Waals surface area contributed by atoms with Gasteiger partial charge in [-0.15, -0.1) is 0 Å². The van der Waals surface area contributed by atoms with Crippen molar-refractivity contribution in [2.24, 2.45) is 0 Å². The molecule has 188 valence electrons. The molecule has 0 radical (unpaired) electrons. The maximum absolute atomic E-state index is 14.2. The molecule has 0 aliphatic carbocycles. The molecule has 4 aromatic rings. The van der Waals surface area contributed by atoms with Crippen LogP contribution in [-0.2, 0) is 20.8 Å². The van der Waals surface area contributed by atoms with Crippen molar-refractivity contribution in [3.63, 3.8) is 0 Å². The van der Waals surface area contributed by atoms with Crippen LogP contribution in [0.5, 0.6) is 0 Å². The van der Waals surface area contributed by atoms with Crippen molar-refractivity contribution in [2.45, 2.75) is 59.8 Å². The SMILES string of the molecule is COC(=O)C(OC(C)(C)C)c1c(C)nc2c(ccn2Cc2ccc(C)c(F)c2)c1-c1ccc(C)cc1. The molecule has 0 bridgehead atoms. The van der Waals surface area contributed by atoms with Gasteiger partial charge in [0.05, 0.1) is 12.7 Å². The average Bonchev–Trinajstić information content (AvgIpc) is 3.20. The minimum Gasteiger partial charge on any atom is -0.467 e. The number of esters is 1. The van der Waals surface area contributed by atoms with E-state index in [0.717, 1.165) is 33.3 Å². The maximum atomic E-state index is 14.2. The molecule has 1 atom stereocenters. The Kier molecular flexibility index (Phi) is 7.01. The minimum absolute atomic E-state index is 0.226. The summed E-state index contributed by atoms with van der Waals surface area (Å²) in [6, 6.07) is 15.5. The molecule has 4 rings (SSSR count). The molecule has 0 N–H and O–H groups in total. The summed E-state index contributed by atoms with van der Waals surface area (Å²) in [5.41, 5.74) is 5.96. The van der Waals surface area contributed by atoms with Crippen LogP contribution in [0.25, 0.3) is 22.2 Å². The van der Waals surface area contributed by atoms with Gasteiger partial charge in [0.2, 0.25) is 0 Å². The number of methoxy groups -OCH3 is 1. The van der Waals surface area contributed by atoms with Crippen molar-refractivity contribution in [1.29, 1.82) is 0 Å². The first-order valence-electron chi connectivity index (χ1n) is 12.1. The zero-order valence-corrected chi connectivity index (χ0v) is 22.0. The molecule has 2 aromatic carbocycles. The lowest BCUT2D eigenvalue weighted by atomic mass is 9.92. The van der Waals surface area contributed by atoms with E-state index in [1.807, 2.05) is 81.8 Å². The lowest BCUT2D eigenvalue weighted by molar-refractivity contribution is -0.164. The molecule has 6 heteroatoms. The number of aromatic nitrogens is 2. The van der Waals surface area contributed by atoms with Gasteiger partial charge in [-0.05, 0) is 70.4 Å². The molecular weight excluding hydrogens is 455 g/mol. The van der Waals surface area contributed by atoms with Gasteiger partial charge < -0.3 is 14.0 Å². The summed E-state index contributed by atoms with van der Waals surface area (Å²) >= 11 is 0. The number of pyridine rings is 1. The number of fused-ring (bicyclic) bond motifs is 1. The van der Waals surface area contributed by atoms with Gasteiger partial charge in [0.25, 0.3) is 0 Å². The predicted octanol–water partition coefficient (Wildman–Crippen LogP) is 6.85. The van der Waals surface area contributed by atoms with Crippen molar-refractivity contribution in [3.05, 3.63) is 88.5 Å². The van der Waals surface area contributed by atoms with Crippen LogP contribution in [0.15, 0.2) is 54.7 Å². The minimum atomic E-state index is -0.947. The standard InChI is InChI=1S/C30H33FN2O3/c1-18-8-12-22(13-9-18)26-23-14-15-33(17-21-11-10-19(2)24(31)16-21)28(23)32-20(3)25(26)27(29(34)35-7)36-30(4,5)6/h8-16,27H,17H2,1-7H3. The van der Waals surface area contributed by atoms with Crippen LogP contribution in [0.2, 0.25) is 0 Å². The molecule has 0 aliphatic rings. The second-order valence-corrected chi connectivity index (χ2v) is 10.2. The number of carbonyl (C=O) groups is 1. The molecule has 36 heavy (non-hydrogen) atoms. The van der Waals surface area contributed by atoms with Crippen molar-refractivity contribution in [2.75, 3.05) is 7.11 Å². The molecule has 2 aromatic heterocycles.